The van der Waals surface area contributed by atoms with Gasteiger partial charge in [0.05, 0.1) is 12.0 Å². The van der Waals surface area contributed by atoms with E-state index in [2.05, 4.69) is 10.6 Å². The summed E-state index contributed by atoms with van der Waals surface area (Å²) in [6, 6.07) is 9.77. The molecular formula is C20H28N2O4. The van der Waals surface area contributed by atoms with E-state index >= 15 is 0 Å². The molecule has 2 rings (SSSR count). The van der Waals surface area contributed by atoms with Crippen LogP contribution in [0.2, 0.25) is 0 Å². The van der Waals surface area contributed by atoms with E-state index in [9.17, 15) is 14.4 Å². The second-order valence-electron chi connectivity index (χ2n) is 7.71. The molecule has 142 valence electrons. The molecule has 1 saturated carbocycles. The Morgan fingerprint density at radius 1 is 1.00 bits per heavy atom. The van der Waals surface area contributed by atoms with Gasteiger partial charge >= 0.3 is 6.09 Å². The van der Waals surface area contributed by atoms with Crippen LogP contribution in [-0.2, 0) is 19.7 Å². The van der Waals surface area contributed by atoms with Crippen LogP contribution in [0, 0.1) is 0 Å². The van der Waals surface area contributed by atoms with Gasteiger partial charge in [0, 0.05) is 0 Å². The lowest BCUT2D eigenvalue weighted by molar-refractivity contribution is -0.127. The van der Waals surface area contributed by atoms with Gasteiger partial charge in [0.1, 0.15) is 12.1 Å². The summed E-state index contributed by atoms with van der Waals surface area (Å²) in [7, 11) is 0. The Hall–Kier alpha value is -2.37. The van der Waals surface area contributed by atoms with Gasteiger partial charge < -0.3 is 15.4 Å². The first-order chi connectivity index (χ1) is 12.2. The molecule has 0 atom stereocenters. The van der Waals surface area contributed by atoms with Gasteiger partial charge in [-0.15, -0.1) is 0 Å². The molecule has 0 bridgehead atoms. The lowest BCUT2D eigenvalue weighted by Crippen LogP contribution is -2.45. The minimum Gasteiger partial charge on any atom is -0.444 e. The van der Waals surface area contributed by atoms with Crippen LogP contribution in [0.5, 0.6) is 0 Å². The minimum absolute atomic E-state index is 0.0202. The monoisotopic (exact) mass is 360 g/mol. The van der Waals surface area contributed by atoms with Gasteiger partial charge in [0.2, 0.25) is 5.91 Å². The van der Waals surface area contributed by atoms with E-state index in [0.717, 1.165) is 31.2 Å². The number of rotatable bonds is 6. The predicted octanol–water partition coefficient (Wildman–Crippen LogP) is 2.71. The quantitative estimate of drug-likeness (QED) is 0.817. The van der Waals surface area contributed by atoms with E-state index in [1.165, 1.54) is 0 Å². The van der Waals surface area contributed by atoms with Crippen molar-refractivity contribution in [3.05, 3.63) is 35.9 Å². The number of carbonyl (C=O) groups is 3. The van der Waals surface area contributed by atoms with Gasteiger partial charge in [-0.1, -0.05) is 43.2 Å². The van der Waals surface area contributed by atoms with Crippen LogP contribution in [0.15, 0.2) is 30.3 Å². The molecule has 0 saturated heterocycles. The van der Waals surface area contributed by atoms with Crippen molar-refractivity contribution in [1.29, 1.82) is 0 Å². The number of ether oxygens (including phenoxy) is 1. The molecular weight excluding hydrogens is 332 g/mol. The SMILES string of the molecule is CC(C)(C)OC(=O)NCC(=O)NCC(=O)C1(c2ccccc2)CCCC1. The summed E-state index contributed by atoms with van der Waals surface area (Å²) in [6.07, 6.45) is 2.98. The zero-order valence-electron chi connectivity index (χ0n) is 15.8. The van der Waals surface area contributed by atoms with Crippen molar-refractivity contribution in [3.8, 4) is 0 Å². The standard InChI is InChI=1S/C20H28N2O4/c1-19(2,3)26-18(25)22-14-17(24)21-13-16(23)20(11-7-8-12-20)15-9-5-4-6-10-15/h4-6,9-10H,7-8,11-14H2,1-3H3,(H,21,24)(H,22,25). The van der Waals surface area contributed by atoms with Gasteiger partial charge in [0.15, 0.2) is 5.78 Å². The Kier molecular flexibility index (Phi) is 6.40. The van der Waals surface area contributed by atoms with Crippen molar-refractivity contribution in [2.45, 2.75) is 57.5 Å². The Balaban J connectivity index is 1.87. The molecule has 0 aliphatic heterocycles. The van der Waals surface area contributed by atoms with E-state index < -0.39 is 23.0 Å². The molecule has 1 aromatic carbocycles. The zero-order valence-corrected chi connectivity index (χ0v) is 15.8. The summed E-state index contributed by atoms with van der Waals surface area (Å²) in [5.74, 6) is -0.391. The highest BCUT2D eigenvalue weighted by Crippen LogP contribution is 2.41. The number of benzene rings is 1. The number of alkyl carbamates (subject to hydrolysis) is 1. The van der Waals surface area contributed by atoms with Gasteiger partial charge in [-0.05, 0) is 39.2 Å². The smallest absolute Gasteiger partial charge is 0.408 e. The number of nitrogens with one attached hydrogen (secondary N) is 2. The average Bonchev–Trinajstić information content (AvgIpc) is 3.08. The van der Waals surface area contributed by atoms with Crippen LogP contribution < -0.4 is 10.6 Å². The molecule has 0 spiro atoms. The Morgan fingerprint density at radius 2 is 1.62 bits per heavy atom. The predicted molar refractivity (Wildman–Crippen MR) is 98.8 cm³/mol. The van der Waals surface area contributed by atoms with Crippen molar-refractivity contribution >= 4 is 17.8 Å². The van der Waals surface area contributed by atoms with Gasteiger partial charge in [0.25, 0.3) is 0 Å². The number of amides is 2. The number of carbonyl (C=O) groups excluding carboxylic acids is 3. The second kappa shape index (κ2) is 8.34. The van der Waals surface area contributed by atoms with Crippen molar-refractivity contribution in [3.63, 3.8) is 0 Å². The van der Waals surface area contributed by atoms with E-state index in [1.807, 2.05) is 30.3 Å². The van der Waals surface area contributed by atoms with Crippen molar-refractivity contribution in [2.75, 3.05) is 13.1 Å². The molecule has 1 aromatic rings. The maximum atomic E-state index is 12.9. The van der Waals surface area contributed by atoms with Crippen LogP contribution in [0.4, 0.5) is 4.79 Å². The lowest BCUT2D eigenvalue weighted by atomic mass is 9.75. The average molecular weight is 360 g/mol. The fraction of sp³-hybridized carbons (Fsp3) is 0.550. The topological polar surface area (TPSA) is 84.5 Å². The van der Waals surface area contributed by atoms with Gasteiger partial charge in [-0.3, -0.25) is 9.59 Å². The fourth-order valence-corrected chi connectivity index (χ4v) is 3.34. The first-order valence-corrected chi connectivity index (χ1v) is 9.05. The molecule has 0 heterocycles. The molecule has 1 aliphatic carbocycles. The fourth-order valence-electron chi connectivity index (χ4n) is 3.34. The highest BCUT2D eigenvalue weighted by atomic mass is 16.6. The van der Waals surface area contributed by atoms with E-state index in [4.69, 9.17) is 4.74 Å². The summed E-state index contributed by atoms with van der Waals surface area (Å²) in [5, 5.41) is 5.00. The normalized spacial score (nSPS) is 16.0. The zero-order chi connectivity index (χ0) is 19.2. The highest BCUT2D eigenvalue weighted by Gasteiger charge is 2.41. The number of hydrogen-bond acceptors (Lipinski definition) is 4. The van der Waals surface area contributed by atoms with E-state index in [-0.39, 0.29) is 18.9 Å². The maximum absolute atomic E-state index is 12.9. The third kappa shape index (κ3) is 5.31. The molecule has 0 radical (unpaired) electrons. The van der Waals surface area contributed by atoms with Gasteiger partial charge in [-0.2, -0.15) is 0 Å². The summed E-state index contributed by atoms with van der Waals surface area (Å²) < 4.78 is 5.07. The molecule has 6 nitrogen and oxygen atoms in total. The van der Waals surface area contributed by atoms with Crippen molar-refractivity contribution < 1.29 is 19.1 Å². The Labute approximate surface area is 154 Å². The summed E-state index contributed by atoms with van der Waals surface area (Å²) in [5.41, 5.74) is -0.114. The third-order valence-corrected chi connectivity index (χ3v) is 4.56. The van der Waals surface area contributed by atoms with Crippen LogP contribution in [-0.4, -0.2) is 36.5 Å². The van der Waals surface area contributed by atoms with Crippen LogP contribution >= 0.6 is 0 Å². The number of ketones is 1. The molecule has 0 unspecified atom stereocenters. The first-order valence-electron chi connectivity index (χ1n) is 9.05. The van der Waals surface area contributed by atoms with E-state index in [0.29, 0.717) is 0 Å². The molecule has 26 heavy (non-hydrogen) atoms. The first kappa shape index (κ1) is 19.9. The molecule has 1 fully saturated rings. The molecule has 6 heteroatoms. The number of hydrogen-bond donors (Lipinski definition) is 2. The Morgan fingerprint density at radius 3 is 2.19 bits per heavy atom. The maximum Gasteiger partial charge on any atom is 0.408 e. The van der Waals surface area contributed by atoms with Crippen LogP contribution in [0.3, 0.4) is 0 Å². The minimum atomic E-state index is -0.657. The summed E-state index contributed by atoms with van der Waals surface area (Å²) in [4.78, 5) is 36.4. The van der Waals surface area contributed by atoms with Crippen LogP contribution in [0.1, 0.15) is 52.0 Å². The third-order valence-electron chi connectivity index (χ3n) is 4.56. The molecule has 2 amide bonds. The molecule has 2 N–H and O–H groups in total. The molecule has 1 aliphatic rings. The largest absolute Gasteiger partial charge is 0.444 e. The van der Waals surface area contributed by atoms with Crippen LogP contribution in [0.25, 0.3) is 0 Å². The summed E-state index contributed by atoms with van der Waals surface area (Å²) >= 11 is 0. The highest BCUT2D eigenvalue weighted by molar-refractivity contribution is 5.95. The summed E-state index contributed by atoms with van der Waals surface area (Å²) in [6.45, 7) is 4.98. The van der Waals surface area contributed by atoms with E-state index in [1.54, 1.807) is 20.8 Å². The lowest BCUT2D eigenvalue weighted by Gasteiger charge is -2.28. The van der Waals surface area contributed by atoms with Gasteiger partial charge in [-0.25, -0.2) is 4.79 Å². The second-order valence-corrected chi connectivity index (χ2v) is 7.71. The van der Waals surface area contributed by atoms with Crippen molar-refractivity contribution in [1.82, 2.24) is 10.6 Å². The van der Waals surface area contributed by atoms with Crippen molar-refractivity contribution in [2.24, 2.45) is 0 Å². The Bertz CT molecular complexity index is 644. The number of Topliss-reactive ketones (excluding diaryl/α,β-unsaturated/α-hetero) is 1. The molecule has 0 aromatic heterocycles.